The van der Waals surface area contributed by atoms with Crippen LogP contribution in [0.3, 0.4) is 0 Å². The van der Waals surface area contributed by atoms with E-state index in [0.29, 0.717) is 6.54 Å². The zero-order valence-corrected chi connectivity index (χ0v) is 4.95. The molecule has 0 spiro atoms. The van der Waals surface area contributed by atoms with Crippen molar-refractivity contribution in [3.8, 4) is 0 Å². The topological polar surface area (TPSA) is 52.9 Å². The molecular formula is C5H8N2O2. The molecule has 1 heterocycles. The molecule has 0 saturated carbocycles. The van der Waals surface area contributed by atoms with Crippen LogP contribution in [0, 0.1) is 0 Å². The Labute approximate surface area is 52.8 Å². The molecule has 0 aromatic heterocycles. The summed E-state index contributed by atoms with van der Waals surface area (Å²) in [5, 5.41) is 8.37. The van der Waals surface area contributed by atoms with E-state index in [9.17, 15) is 4.79 Å². The van der Waals surface area contributed by atoms with Crippen molar-refractivity contribution >= 4 is 12.4 Å². The second-order valence-electron chi connectivity index (χ2n) is 1.85. The number of aliphatic imine (C=N–C) groups is 1. The van der Waals surface area contributed by atoms with Crippen LogP contribution in [0.25, 0.3) is 0 Å². The van der Waals surface area contributed by atoms with Crippen molar-refractivity contribution in [1.29, 1.82) is 0 Å². The molecule has 4 heteroatoms. The molecule has 9 heavy (non-hydrogen) atoms. The van der Waals surface area contributed by atoms with Gasteiger partial charge in [0.15, 0.2) is 0 Å². The van der Waals surface area contributed by atoms with Gasteiger partial charge < -0.3 is 5.11 Å². The van der Waals surface area contributed by atoms with Crippen molar-refractivity contribution in [2.24, 2.45) is 4.99 Å². The third kappa shape index (κ3) is 1.42. The van der Waals surface area contributed by atoms with Crippen molar-refractivity contribution in [1.82, 2.24) is 4.90 Å². The minimum Gasteiger partial charge on any atom is -0.465 e. The molecule has 50 valence electrons. The van der Waals surface area contributed by atoms with Crippen molar-refractivity contribution in [3.63, 3.8) is 0 Å². The molecule has 1 N–H and O–H groups in total. The van der Waals surface area contributed by atoms with E-state index >= 15 is 0 Å². The van der Waals surface area contributed by atoms with Crippen molar-refractivity contribution in [2.75, 3.05) is 13.1 Å². The average Bonchev–Trinajstić information content (AvgIpc) is 1.90. The highest BCUT2D eigenvalue weighted by atomic mass is 16.4. The largest absolute Gasteiger partial charge is 0.465 e. The van der Waals surface area contributed by atoms with E-state index in [0.717, 1.165) is 13.0 Å². The zero-order valence-electron chi connectivity index (χ0n) is 4.95. The fraction of sp³-hybridized carbons (Fsp3) is 0.600. The molecule has 0 unspecified atom stereocenters. The maximum absolute atomic E-state index is 10.2. The van der Waals surface area contributed by atoms with Crippen LogP contribution >= 0.6 is 0 Å². The molecular weight excluding hydrogens is 120 g/mol. The standard InChI is InChI=1S/C5H8N2O2/c8-5(9)7-3-1-2-6-4-7/h4H,1-3H2,(H,8,9). The summed E-state index contributed by atoms with van der Waals surface area (Å²) in [5.41, 5.74) is 0. The Hall–Kier alpha value is -1.06. The Morgan fingerprint density at radius 1 is 1.78 bits per heavy atom. The summed E-state index contributed by atoms with van der Waals surface area (Å²) in [6, 6.07) is 0. The predicted molar refractivity (Wildman–Crippen MR) is 32.7 cm³/mol. The molecule has 1 amide bonds. The van der Waals surface area contributed by atoms with E-state index in [4.69, 9.17) is 5.11 Å². The maximum Gasteiger partial charge on any atom is 0.412 e. The van der Waals surface area contributed by atoms with E-state index in [1.807, 2.05) is 0 Å². The van der Waals surface area contributed by atoms with Crippen LogP contribution in [-0.2, 0) is 0 Å². The molecule has 0 atom stereocenters. The first-order valence-corrected chi connectivity index (χ1v) is 2.80. The quantitative estimate of drug-likeness (QED) is 0.513. The molecule has 0 radical (unpaired) electrons. The lowest BCUT2D eigenvalue weighted by atomic mass is 10.4. The van der Waals surface area contributed by atoms with Gasteiger partial charge in [0.1, 0.15) is 0 Å². The van der Waals surface area contributed by atoms with E-state index in [-0.39, 0.29) is 0 Å². The Morgan fingerprint density at radius 2 is 2.56 bits per heavy atom. The van der Waals surface area contributed by atoms with Crippen LogP contribution in [-0.4, -0.2) is 35.5 Å². The summed E-state index contributed by atoms with van der Waals surface area (Å²) >= 11 is 0. The molecule has 0 aromatic rings. The normalized spacial score (nSPS) is 18.0. The fourth-order valence-electron chi connectivity index (χ4n) is 0.691. The van der Waals surface area contributed by atoms with E-state index in [1.54, 1.807) is 0 Å². The first kappa shape index (κ1) is 6.07. The van der Waals surface area contributed by atoms with Crippen LogP contribution in [0.5, 0.6) is 0 Å². The summed E-state index contributed by atoms with van der Waals surface area (Å²) < 4.78 is 0. The van der Waals surface area contributed by atoms with Crippen LogP contribution in [0.15, 0.2) is 4.99 Å². The van der Waals surface area contributed by atoms with Gasteiger partial charge in [-0.1, -0.05) is 0 Å². The zero-order chi connectivity index (χ0) is 6.69. The lowest BCUT2D eigenvalue weighted by molar-refractivity contribution is 0.169. The van der Waals surface area contributed by atoms with Crippen molar-refractivity contribution in [2.45, 2.75) is 6.42 Å². The van der Waals surface area contributed by atoms with Crippen molar-refractivity contribution < 1.29 is 9.90 Å². The Bertz CT molecular complexity index is 144. The van der Waals surface area contributed by atoms with Gasteiger partial charge in [-0.05, 0) is 6.42 Å². The van der Waals surface area contributed by atoms with E-state index in [2.05, 4.69) is 4.99 Å². The number of nitrogens with zero attached hydrogens (tertiary/aromatic N) is 2. The van der Waals surface area contributed by atoms with Gasteiger partial charge in [0.05, 0.1) is 6.34 Å². The fourth-order valence-corrected chi connectivity index (χ4v) is 0.691. The second kappa shape index (κ2) is 2.48. The second-order valence-corrected chi connectivity index (χ2v) is 1.85. The van der Waals surface area contributed by atoms with Gasteiger partial charge in [0.25, 0.3) is 0 Å². The van der Waals surface area contributed by atoms with Gasteiger partial charge in [-0.2, -0.15) is 0 Å². The van der Waals surface area contributed by atoms with Crippen LogP contribution in [0.4, 0.5) is 4.79 Å². The third-order valence-corrected chi connectivity index (χ3v) is 1.15. The van der Waals surface area contributed by atoms with Crippen LogP contribution < -0.4 is 0 Å². The maximum atomic E-state index is 10.2. The molecule has 4 nitrogen and oxygen atoms in total. The first-order chi connectivity index (χ1) is 4.30. The predicted octanol–water partition coefficient (Wildman–Crippen LogP) is 0.398. The number of hydrogen-bond donors (Lipinski definition) is 1. The summed E-state index contributed by atoms with van der Waals surface area (Å²) in [5.74, 6) is 0. The van der Waals surface area contributed by atoms with Crippen LogP contribution in [0.2, 0.25) is 0 Å². The van der Waals surface area contributed by atoms with Gasteiger partial charge in [-0.3, -0.25) is 9.89 Å². The number of carbonyl (C=O) groups is 1. The molecule has 1 rings (SSSR count). The molecule has 1 aliphatic rings. The number of amides is 1. The summed E-state index contributed by atoms with van der Waals surface area (Å²) in [6.07, 6.45) is 1.28. The highest BCUT2D eigenvalue weighted by molar-refractivity contribution is 5.81. The minimum absolute atomic E-state index is 0.582. The van der Waals surface area contributed by atoms with Crippen LogP contribution in [0.1, 0.15) is 6.42 Å². The monoisotopic (exact) mass is 128 g/mol. The molecule has 0 saturated heterocycles. The Morgan fingerprint density at radius 3 is 2.89 bits per heavy atom. The Balaban J connectivity index is 2.50. The highest BCUT2D eigenvalue weighted by Crippen LogP contribution is 1.95. The Kier molecular flexibility index (Phi) is 1.67. The number of rotatable bonds is 0. The van der Waals surface area contributed by atoms with Gasteiger partial charge in [-0.25, -0.2) is 4.79 Å². The summed E-state index contributed by atoms with van der Waals surface area (Å²) in [7, 11) is 0. The van der Waals surface area contributed by atoms with E-state index in [1.165, 1.54) is 11.2 Å². The summed E-state index contributed by atoms with van der Waals surface area (Å²) in [6.45, 7) is 1.34. The van der Waals surface area contributed by atoms with Gasteiger partial charge in [0, 0.05) is 13.1 Å². The summed E-state index contributed by atoms with van der Waals surface area (Å²) in [4.78, 5) is 15.2. The number of hydrogen-bond acceptors (Lipinski definition) is 2. The smallest absolute Gasteiger partial charge is 0.412 e. The number of carboxylic acid groups (broad SMARTS) is 1. The third-order valence-electron chi connectivity index (χ3n) is 1.15. The lowest BCUT2D eigenvalue weighted by Gasteiger charge is -2.15. The molecule has 0 bridgehead atoms. The van der Waals surface area contributed by atoms with Gasteiger partial charge in [-0.15, -0.1) is 0 Å². The van der Waals surface area contributed by atoms with E-state index < -0.39 is 6.09 Å². The van der Waals surface area contributed by atoms with Gasteiger partial charge >= 0.3 is 6.09 Å². The van der Waals surface area contributed by atoms with Crippen molar-refractivity contribution in [3.05, 3.63) is 0 Å². The molecule has 0 aliphatic carbocycles. The molecule has 0 aromatic carbocycles. The first-order valence-electron chi connectivity index (χ1n) is 2.80. The van der Waals surface area contributed by atoms with Gasteiger partial charge in [0.2, 0.25) is 0 Å². The highest BCUT2D eigenvalue weighted by Gasteiger charge is 2.09. The minimum atomic E-state index is -0.918. The molecule has 0 fully saturated rings. The lowest BCUT2D eigenvalue weighted by Crippen LogP contribution is -2.31. The molecule has 1 aliphatic heterocycles. The SMILES string of the molecule is O=C(O)N1C=NCCC1. The average molecular weight is 128 g/mol.